The van der Waals surface area contributed by atoms with E-state index in [1.807, 2.05) is 37.3 Å². The van der Waals surface area contributed by atoms with Crippen molar-refractivity contribution in [2.75, 3.05) is 13.1 Å². The van der Waals surface area contributed by atoms with Gasteiger partial charge in [0.05, 0.1) is 11.4 Å². The Balaban J connectivity index is 0.00000114. The van der Waals surface area contributed by atoms with Gasteiger partial charge in [-0.3, -0.25) is 10.0 Å². The van der Waals surface area contributed by atoms with Crippen LogP contribution in [0.3, 0.4) is 0 Å². The van der Waals surface area contributed by atoms with Crippen LogP contribution in [0.15, 0.2) is 41.3 Å². The highest BCUT2D eigenvalue weighted by atomic mass is 32.2. The molecule has 0 aliphatic carbocycles. The van der Waals surface area contributed by atoms with E-state index in [1.54, 1.807) is 9.79 Å². The van der Waals surface area contributed by atoms with Crippen molar-refractivity contribution in [3.63, 3.8) is 0 Å². The van der Waals surface area contributed by atoms with Crippen LogP contribution >= 0.6 is 0 Å². The summed E-state index contributed by atoms with van der Waals surface area (Å²) in [6.07, 6.45) is 2.07. The third-order valence-corrected chi connectivity index (χ3v) is 5.24. The molecule has 27 heavy (non-hydrogen) atoms. The van der Waals surface area contributed by atoms with Crippen LogP contribution in [0.1, 0.15) is 46.1 Å². The minimum absolute atomic E-state index is 0.109. The van der Waals surface area contributed by atoms with Gasteiger partial charge in [0.2, 0.25) is 0 Å². The molecule has 0 heterocycles. The van der Waals surface area contributed by atoms with E-state index < -0.39 is 16.9 Å². The Morgan fingerprint density at radius 2 is 1.74 bits per heavy atom. The van der Waals surface area contributed by atoms with Crippen LogP contribution in [0, 0.1) is 12.8 Å². The lowest BCUT2D eigenvalue weighted by Gasteiger charge is -2.21. The van der Waals surface area contributed by atoms with Gasteiger partial charge in [0.1, 0.15) is 11.0 Å². The molecule has 2 aromatic carbocycles. The number of carbonyl (C=O) groups is 1. The summed E-state index contributed by atoms with van der Waals surface area (Å²) in [5, 5.41) is 10.9. The second-order valence-corrected chi connectivity index (χ2v) is 8.54. The standard InChI is InChI=1S/C18H24N2O3S.C3H8/c1-13(2)8-9-20(12-18(21)19-22)24(23)17-7-6-15-10-14(3)4-5-16(15)11-17;1-3-2/h4-7,10-11,13,22H,8-9,12H2,1-3H3,(H,19,21);3H2,1-2H3. The van der Waals surface area contributed by atoms with Gasteiger partial charge in [-0.25, -0.2) is 14.0 Å². The summed E-state index contributed by atoms with van der Waals surface area (Å²) in [6, 6.07) is 11.8. The monoisotopic (exact) mass is 392 g/mol. The van der Waals surface area contributed by atoms with Gasteiger partial charge in [0.15, 0.2) is 0 Å². The van der Waals surface area contributed by atoms with E-state index in [4.69, 9.17) is 5.21 Å². The quantitative estimate of drug-likeness (QED) is 0.540. The molecule has 2 rings (SSSR count). The topological polar surface area (TPSA) is 69.6 Å². The molecule has 0 saturated carbocycles. The number of hydrogen-bond donors (Lipinski definition) is 2. The van der Waals surface area contributed by atoms with E-state index in [-0.39, 0.29) is 6.54 Å². The fourth-order valence-corrected chi connectivity index (χ4v) is 3.64. The lowest BCUT2D eigenvalue weighted by atomic mass is 10.1. The van der Waals surface area contributed by atoms with Crippen LogP contribution in [0.4, 0.5) is 0 Å². The summed E-state index contributed by atoms with van der Waals surface area (Å²) in [7, 11) is -1.46. The minimum atomic E-state index is -1.46. The number of aryl methyl sites for hydroxylation is 1. The molecule has 0 fully saturated rings. The third kappa shape index (κ3) is 7.79. The van der Waals surface area contributed by atoms with Crippen molar-refractivity contribution in [2.24, 2.45) is 5.92 Å². The number of benzene rings is 2. The summed E-state index contributed by atoms with van der Waals surface area (Å²) in [5.74, 6) is -0.134. The van der Waals surface area contributed by atoms with Gasteiger partial charge >= 0.3 is 0 Å². The Labute approximate surface area is 165 Å². The molecule has 2 aromatic rings. The van der Waals surface area contributed by atoms with Crippen LogP contribution in [-0.2, 0) is 15.8 Å². The summed E-state index contributed by atoms with van der Waals surface area (Å²) < 4.78 is 14.5. The molecule has 5 nitrogen and oxygen atoms in total. The van der Waals surface area contributed by atoms with Gasteiger partial charge in [-0.1, -0.05) is 63.9 Å². The maximum absolute atomic E-state index is 12.9. The lowest BCUT2D eigenvalue weighted by molar-refractivity contribution is -0.129. The molecule has 6 heteroatoms. The smallest absolute Gasteiger partial charge is 0.258 e. The molecule has 0 aliphatic rings. The zero-order chi connectivity index (χ0) is 20.4. The van der Waals surface area contributed by atoms with Gasteiger partial charge in [-0.05, 0) is 42.2 Å². The van der Waals surface area contributed by atoms with E-state index in [0.29, 0.717) is 17.4 Å². The van der Waals surface area contributed by atoms with E-state index >= 15 is 0 Å². The molecule has 150 valence electrons. The predicted molar refractivity (Wildman–Crippen MR) is 112 cm³/mol. The third-order valence-electron chi connectivity index (χ3n) is 3.80. The van der Waals surface area contributed by atoms with Crippen molar-refractivity contribution in [3.05, 3.63) is 42.0 Å². The molecule has 0 aliphatic heterocycles. The van der Waals surface area contributed by atoms with Crippen LogP contribution in [0.2, 0.25) is 0 Å². The largest absolute Gasteiger partial charge is 0.289 e. The molecule has 0 bridgehead atoms. The summed E-state index contributed by atoms with van der Waals surface area (Å²) in [5.41, 5.74) is 2.79. The van der Waals surface area contributed by atoms with E-state index in [1.165, 1.54) is 12.0 Å². The van der Waals surface area contributed by atoms with Crippen molar-refractivity contribution >= 4 is 27.7 Å². The number of nitrogens with zero attached hydrogens (tertiary/aromatic N) is 1. The average molecular weight is 393 g/mol. The van der Waals surface area contributed by atoms with Crippen LogP contribution in [0.5, 0.6) is 0 Å². The molecule has 0 saturated heterocycles. The van der Waals surface area contributed by atoms with Crippen molar-refractivity contribution in [1.29, 1.82) is 0 Å². The maximum atomic E-state index is 12.9. The molecule has 1 unspecified atom stereocenters. The lowest BCUT2D eigenvalue weighted by Crippen LogP contribution is -2.38. The molecular weight excluding hydrogens is 360 g/mol. The van der Waals surface area contributed by atoms with Gasteiger partial charge in [-0.15, -0.1) is 0 Å². The average Bonchev–Trinajstić information content (AvgIpc) is 2.64. The highest BCUT2D eigenvalue weighted by Gasteiger charge is 2.19. The first-order valence-electron chi connectivity index (χ1n) is 9.42. The molecule has 1 atom stereocenters. The Hall–Kier alpha value is -1.76. The number of amides is 1. The summed E-state index contributed by atoms with van der Waals surface area (Å²) >= 11 is 0. The molecule has 1 amide bonds. The SMILES string of the molecule is CCC.Cc1ccc2cc(S(=O)N(CCC(C)C)CC(=O)NO)ccc2c1. The second-order valence-electron chi connectivity index (χ2n) is 7.05. The number of fused-ring (bicyclic) bond motifs is 1. The highest BCUT2D eigenvalue weighted by molar-refractivity contribution is 7.82. The second kappa shape index (κ2) is 11.8. The fourth-order valence-electron chi connectivity index (χ4n) is 2.42. The van der Waals surface area contributed by atoms with Gasteiger partial charge in [-0.2, -0.15) is 0 Å². The summed E-state index contributed by atoms with van der Waals surface area (Å²) in [6.45, 7) is 10.8. The van der Waals surface area contributed by atoms with Crippen molar-refractivity contribution in [1.82, 2.24) is 9.79 Å². The van der Waals surface area contributed by atoms with Gasteiger partial charge in [0.25, 0.3) is 5.91 Å². The van der Waals surface area contributed by atoms with Crippen LogP contribution < -0.4 is 5.48 Å². The highest BCUT2D eigenvalue weighted by Crippen LogP contribution is 2.21. The zero-order valence-electron chi connectivity index (χ0n) is 17.0. The molecule has 0 radical (unpaired) electrons. The van der Waals surface area contributed by atoms with E-state index in [2.05, 4.69) is 33.8 Å². The van der Waals surface area contributed by atoms with Gasteiger partial charge in [0, 0.05) is 6.54 Å². The first kappa shape index (κ1) is 23.3. The molecule has 0 aromatic heterocycles. The minimum Gasteiger partial charge on any atom is -0.289 e. The first-order valence-corrected chi connectivity index (χ1v) is 10.5. The Morgan fingerprint density at radius 3 is 2.33 bits per heavy atom. The van der Waals surface area contributed by atoms with Crippen LogP contribution in [0.25, 0.3) is 10.8 Å². The molecular formula is C21H32N2O3S. The van der Waals surface area contributed by atoms with E-state index in [9.17, 15) is 9.00 Å². The molecule has 0 spiro atoms. The zero-order valence-corrected chi connectivity index (χ0v) is 17.8. The van der Waals surface area contributed by atoms with Crippen molar-refractivity contribution < 1.29 is 14.2 Å². The normalized spacial score (nSPS) is 12.0. The maximum Gasteiger partial charge on any atom is 0.258 e. The Bertz CT molecular complexity index is 762. The van der Waals surface area contributed by atoms with Crippen molar-refractivity contribution in [2.45, 2.75) is 52.4 Å². The Kier molecular flexibility index (Phi) is 10.2. The number of hydroxylamine groups is 1. The Morgan fingerprint density at radius 1 is 1.15 bits per heavy atom. The first-order chi connectivity index (χ1) is 12.8. The number of hydrogen-bond acceptors (Lipinski definition) is 3. The number of carbonyl (C=O) groups excluding carboxylic acids is 1. The fraction of sp³-hybridized carbons (Fsp3) is 0.476. The number of nitrogens with one attached hydrogen (secondary N) is 1. The van der Waals surface area contributed by atoms with E-state index in [0.717, 1.165) is 17.2 Å². The van der Waals surface area contributed by atoms with Crippen molar-refractivity contribution in [3.8, 4) is 0 Å². The summed E-state index contributed by atoms with van der Waals surface area (Å²) in [4.78, 5) is 12.2. The van der Waals surface area contributed by atoms with Gasteiger partial charge < -0.3 is 0 Å². The molecule has 2 N–H and O–H groups in total. The number of rotatable bonds is 7. The van der Waals surface area contributed by atoms with Crippen LogP contribution in [-0.4, -0.2) is 32.7 Å². The predicted octanol–water partition coefficient (Wildman–Crippen LogP) is 4.44.